The molecule has 176 valence electrons. The van der Waals surface area contributed by atoms with Gasteiger partial charge >= 0.3 is 203 Å². The topological polar surface area (TPSA) is 9.23 Å². The van der Waals surface area contributed by atoms with Gasteiger partial charge in [0.05, 0.1) is 0 Å². The van der Waals surface area contributed by atoms with Crippen molar-refractivity contribution >= 4 is 22.9 Å². The van der Waals surface area contributed by atoms with Crippen molar-refractivity contribution in [2.75, 3.05) is 0 Å². The van der Waals surface area contributed by atoms with Crippen LogP contribution in [0.2, 0.25) is 23.2 Å². The summed E-state index contributed by atoms with van der Waals surface area (Å²) in [5.41, 5.74) is 2.38. The molecule has 0 bridgehead atoms. The second-order valence-corrected chi connectivity index (χ2v) is 50.2. The van der Waals surface area contributed by atoms with E-state index in [-0.39, 0.29) is 5.60 Å². The quantitative estimate of drug-likeness (QED) is 0.342. The second-order valence-electron chi connectivity index (χ2n) is 12.7. The Bertz CT molecular complexity index is 827. The number of hydrogen-bond donors (Lipinski definition) is 0. The molecule has 1 nitrogen and oxygen atoms in total. The normalized spacial score (nSPS) is 20.5. The van der Waals surface area contributed by atoms with Crippen LogP contribution in [0.4, 0.5) is 0 Å². The Morgan fingerprint density at radius 1 is 0.688 bits per heavy atom. The van der Waals surface area contributed by atoms with E-state index in [1.165, 1.54) is 16.4 Å². The van der Waals surface area contributed by atoms with Crippen LogP contribution in [0.3, 0.4) is 0 Å². The maximum absolute atomic E-state index is 8.10. The summed E-state index contributed by atoms with van der Waals surface area (Å²) < 4.78 is 10.1. The molecule has 1 aliphatic heterocycles. The van der Waals surface area contributed by atoms with E-state index >= 15 is 0 Å². The predicted octanol–water partition coefficient (Wildman–Crippen LogP) is 9.24. The molecule has 0 atom stereocenters. The van der Waals surface area contributed by atoms with Gasteiger partial charge in [-0.05, 0) is 0 Å². The molecule has 0 aliphatic carbocycles. The zero-order valence-corrected chi connectivity index (χ0v) is 26.4. The molecule has 0 amide bonds. The van der Waals surface area contributed by atoms with E-state index in [1.807, 2.05) is 0 Å². The molecule has 1 fully saturated rings. The standard InChI is InChI=1S/C29H46Ge2O/c1-23(2)31(24(3)4)30(27(5,6)7,28(8,9)10)22-21-29(32-31,25-17-13-11-14-18-25)26-19-15-12-16-20-26/h11-20,23-24H,21-22H2,1-10H3. The Balaban J connectivity index is 2.40. The zero-order chi connectivity index (χ0) is 24.0. The van der Waals surface area contributed by atoms with Gasteiger partial charge in [0.2, 0.25) is 0 Å². The Labute approximate surface area is 202 Å². The van der Waals surface area contributed by atoms with Gasteiger partial charge in [0.25, 0.3) is 0 Å². The van der Waals surface area contributed by atoms with Crippen LogP contribution in [0.1, 0.15) is 86.8 Å². The molecule has 32 heavy (non-hydrogen) atoms. The third-order valence-electron chi connectivity index (χ3n) is 8.62. The van der Waals surface area contributed by atoms with E-state index in [4.69, 9.17) is 3.76 Å². The maximum atomic E-state index is 8.10. The Hall–Kier alpha value is -0.514. The summed E-state index contributed by atoms with van der Waals surface area (Å²) in [5, 5.41) is 1.40. The van der Waals surface area contributed by atoms with Crippen LogP contribution in [0, 0.1) is 0 Å². The van der Waals surface area contributed by atoms with Crippen LogP contribution in [0.15, 0.2) is 60.7 Å². The van der Waals surface area contributed by atoms with Crippen molar-refractivity contribution in [2.24, 2.45) is 0 Å². The number of rotatable bonds is 4. The van der Waals surface area contributed by atoms with Gasteiger partial charge in [-0.1, -0.05) is 0 Å². The van der Waals surface area contributed by atoms with Crippen molar-refractivity contribution in [3.8, 4) is 0 Å². The van der Waals surface area contributed by atoms with Gasteiger partial charge in [0, 0.05) is 0 Å². The molecule has 1 saturated heterocycles. The van der Waals surface area contributed by atoms with Gasteiger partial charge in [-0.2, -0.15) is 0 Å². The molecule has 0 aromatic heterocycles. The first kappa shape index (κ1) is 26.1. The summed E-state index contributed by atoms with van der Waals surface area (Å²) in [6, 6.07) is 22.3. The van der Waals surface area contributed by atoms with Crippen LogP contribution in [0.25, 0.3) is 0 Å². The molecule has 3 rings (SSSR count). The minimum absolute atomic E-state index is 0.317. The summed E-state index contributed by atoms with van der Waals surface area (Å²) in [4.78, 5) is 0. The van der Waals surface area contributed by atoms with E-state index in [1.54, 1.807) is 0 Å². The molecule has 2 aromatic carbocycles. The summed E-state index contributed by atoms with van der Waals surface area (Å²) in [7, 11) is 0. The van der Waals surface area contributed by atoms with E-state index in [0.29, 0.717) is 18.0 Å². The molecule has 0 saturated carbocycles. The van der Waals surface area contributed by atoms with Gasteiger partial charge in [0.15, 0.2) is 0 Å². The summed E-state index contributed by atoms with van der Waals surface area (Å²) in [6.45, 7) is 25.5. The number of hydrogen-bond acceptors (Lipinski definition) is 1. The molecule has 0 radical (unpaired) electrons. The summed E-state index contributed by atoms with van der Waals surface area (Å²) >= 11 is -5.54. The second kappa shape index (κ2) is 8.93. The SMILES string of the molecule is C[CH](C)[Ge]1([CH](C)C)[O]C(c2ccccc2)(c2ccccc2)C[CH2][Ge]1([C](C)(C)C)[C](C)(C)C. The number of benzene rings is 2. The van der Waals surface area contributed by atoms with E-state index in [0.717, 1.165) is 6.42 Å². The van der Waals surface area contributed by atoms with Crippen molar-refractivity contribution in [3.05, 3.63) is 71.8 Å². The van der Waals surface area contributed by atoms with Gasteiger partial charge in [-0.15, -0.1) is 0 Å². The summed E-state index contributed by atoms with van der Waals surface area (Å²) in [6.07, 6.45) is 1.11. The molecule has 1 heterocycles. The third-order valence-corrected chi connectivity index (χ3v) is 80.2. The monoisotopic (exact) mass is 558 g/mol. The Kier molecular flexibility index (Phi) is 7.28. The molecular formula is C29H46Ge2O. The fraction of sp³-hybridized carbons (Fsp3) is 0.586. The molecule has 0 N–H and O–H groups in total. The molecule has 0 unspecified atom stereocenters. The van der Waals surface area contributed by atoms with Crippen molar-refractivity contribution < 1.29 is 3.76 Å². The zero-order valence-electron chi connectivity index (χ0n) is 22.3. The van der Waals surface area contributed by atoms with Crippen molar-refractivity contribution in [3.63, 3.8) is 0 Å². The van der Waals surface area contributed by atoms with Crippen LogP contribution in [0.5, 0.6) is 0 Å². The van der Waals surface area contributed by atoms with Crippen LogP contribution in [-0.4, -0.2) is 22.9 Å². The fourth-order valence-electron chi connectivity index (χ4n) is 7.91. The van der Waals surface area contributed by atoms with Gasteiger partial charge < -0.3 is 0 Å². The van der Waals surface area contributed by atoms with E-state index in [2.05, 4.69) is 130 Å². The molecule has 0 spiro atoms. The van der Waals surface area contributed by atoms with E-state index < -0.39 is 22.9 Å². The minimum atomic E-state index is -2.93. The van der Waals surface area contributed by atoms with Crippen LogP contribution in [-0.2, 0) is 9.36 Å². The third kappa shape index (κ3) is 3.79. The molecule has 3 heteroatoms. The van der Waals surface area contributed by atoms with Gasteiger partial charge in [-0.3, -0.25) is 0 Å². The predicted molar refractivity (Wildman–Crippen MR) is 145 cm³/mol. The van der Waals surface area contributed by atoms with Crippen molar-refractivity contribution in [2.45, 2.75) is 105 Å². The molecular weight excluding hydrogens is 510 g/mol. The average molecular weight is 556 g/mol. The van der Waals surface area contributed by atoms with Crippen LogP contribution < -0.4 is 0 Å². The first-order valence-corrected chi connectivity index (χ1v) is 25.9. The van der Waals surface area contributed by atoms with Crippen molar-refractivity contribution in [1.82, 2.24) is 0 Å². The summed E-state index contributed by atoms with van der Waals surface area (Å²) in [5.74, 6) is 0. The van der Waals surface area contributed by atoms with Gasteiger partial charge in [-0.25, -0.2) is 0 Å². The van der Waals surface area contributed by atoms with Crippen molar-refractivity contribution in [1.29, 1.82) is 0 Å². The van der Waals surface area contributed by atoms with Gasteiger partial charge in [0.1, 0.15) is 0 Å². The first-order valence-electron chi connectivity index (χ1n) is 12.6. The average Bonchev–Trinajstić information content (AvgIpc) is 2.72. The molecule has 1 aliphatic rings. The van der Waals surface area contributed by atoms with E-state index in [9.17, 15) is 0 Å². The fourth-order valence-corrected chi connectivity index (χ4v) is 89.7. The Morgan fingerprint density at radius 3 is 1.38 bits per heavy atom. The van der Waals surface area contributed by atoms with Crippen LogP contribution >= 0.6 is 0 Å². The Morgan fingerprint density at radius 2 is 1.06 bits per heavy atom. The first-order chi connectivity index (χ1) is 14.8. The molecule has 2 aromatic rings.